The number of benzene rings is 1. The topological polar surface area (TPSA) is 59.0 Å². The van der Waals surface area contributed by atoms with Crippen molar-refractivity contribution in [1.82, 2.24) is 20.2 Å². The second-order valence-electron chi connectivity index (χ2n) is 6.37. The number of imidazole rings is 1. The van der Waals surface area contributed by atoms with Crippen LogP contribution in [0.1, 0.15) is 30.7 Å². The summed E-state index contributed by atoms with van der Waals surface area (Å²) in [6, 6.07) is 10.5. The predicted octanol–water partition coefficient (Wildman–Crippen LogP) is 2.13. The first-order valence-electron chi connectivity index (χ1n) is 8.85. The Morgan fingerprint density at radius 1 is 1.25 bits per heavy atom. The maximum Gasteiger partial charge on any atom is 0.223 e. The van der Waals surface area contributed by atoms with E-state index in [9.17, 15) is 4.79 Å². The van der Waals surface area contributed by atoms with Gasteiger partial charge in [-0.2, -0.15) is 0 Å². The molecular formula is C19H26N4O. The zero-order chi connectivity index (χ0) is 16.6. The Hall–Kier alpha value is -2.14. The Kier molecular flexibility index (Phi) is 6.01. The van der Waals surface area contributed by atoms with Gasteiger partial charge >= 0.3 is 0 Å². The summed E-state index contributed by atoms with van der Waals surface area (Å²) in [5.74, 6) is 1.24. The molecule has 2 heterocycles. The van der Waals surface area contributed by atoms with Crippen molar-refractivity contribution < 1.29 is 4.79 Å². The van der Waals surface area contributed by atoms with Crippen molar-refractivity contribution in [3.8, 4) is 0 Å². The van der Waals surface area contributed by atoms with Gasteiger partial charge in [-0.15, -0.1) is 0 Å². The van der Waals surface area contributed by atoms with E-state index >= 15 is 0 Å². The van der Waals surface area contributed by atoms with Crippen LogP contribution in [-0.2, 0) is 24.3 Å². The highest BCUT2D eigenvalue weighted by Crippen LogP contribution is 2.12. The lowest BCUT2D eigenvalue weighted by molar-refractivity contribution is -0.125. The molecule has 0 unspecified atom stereocenters. The van der Waals surface area contributed by atoms with Crippen molar-refractivity contribution in [2.24, 2.45) is 5.92 Å². The molecule has 1 aromatic heterocycles. The third-order valence-corrected chi connectivity index (χ3v) is 4.64. The van der Waals surface area contributed by atoms with Gasteiger partial charge in [0.25, 0.3) is 0 Å². The standard InChI is InChI=1S/C19H26N4O/c24-19(17-8-10-20-11-9-17)22-15-18-21-12-14-23(18)13-4-7-16-5-2-1-3-6-16/h1-3,5-6,12,14,17,20H,4,7-11,13,15H2,(H,22,24). The number of aryl methyl sites for hydroxylation is 2. The first kappa shape index (κ1) is 16.7. The van der Waals surface area contributed by atoms with E-state index in [0.717, 1.165) is 51.1 Å². The molecule has 0 spiro atoms. The van der Waals surface area contributed by atoms with Gasteiger partial charge in [0.15, 0.2) is 0 Å². The quantitative estimate of drug-likeness (QED) is 0.819. The summed E-state index contributed by atoms with van der Waals surface area (Å²) in [4.78, 5) is 16.6. The van der Waals surface area contributed by atoms with Gasteiger partial charge in [0.1, 0.15) is 5.82 Å². The Morgan fingerprint density at radius 2 is 2.04 bits per heavy atom. The molecular weight excluding hydrogens is 300 g/mol. The average Bonchev–Trinajstić information content (AvgIpc) is 3.09. The van der Waals surface area contributed by atoms with Crippen molar-refractivity contribution in [2.75, 3.05) is 13.1 Å². The van der Waals surface area contributed by atoms with Crippen LogP contribution in [0, 0.1) is 5.92 Å². The Balaban J connectivity index is 1.45. The van der Waals surface area contributed by atoms with E-state index in [0.29, 0.717) is 6.54 Å². The van der Waals surface area contributed by atoms with Crippen LogP contribution in [0.25, 0.3) is 0 Å². The van der Waals surface area contributed by atoms with Crippen molar-refractivity contribution in [1.29, 1.82) is 0 Å². The van der Waals surface area contributed by atoms with E-state index < -0.39 is 0 Å². The van der Waals surface area contributed by atoms with E-state index in [-0.39, 0.29) is 11.8 Å². The van der Waals surface area contributed by atoms with Gasteiger partial charge in [0, 0.05) is 24.9 Å². The fourth-order valence-corrected chi connectivity index (χ4v) is 3.20. The number of hydrogen-bond donors (Lipinski definition) is 2. The van der Waals surface area contributed by atoms with Crippen LogP contribution in [0.3, 0.4) is 0 Å². The summed E-state index contributed by atoms with van der Waals surface area (Å²) in [5.41, 5.74) is 1.36. The zero-order valence-electron chi connectivity index (χ0n) is 14.1. The monoisotopic (exact) mass is 326 g/mol. The highest BCUT2D eigenvalue weighted by atomic mass is 16.1. The second-order valence-corrected chi connectivity index (χ2v) is 6.37. The summed E-state index contributed by atoms with van der Waals surface area (Å²) in [6.07, 6.45) is 7.79. The molecule has 0 atom stereocenters. The third-order valence-electron chi connectivity index (χ3n) is 4.64. The summed E-state index contributed by atoms with van der Waals surface area (Å²) in [5, 5.41) is 6.34. The van der Waals surface area contributed by atoms with Crippen LogP contribution < -0.4 is 10.6 Å². The van der Waals surface area contributed by atoms with Crippen LogP contribution in [0.2, 0.25) is 0 Å². The van der Waals surface area contributed by atoms with Crippen LogP contribution in [0.15, 0.2) is 42.7 Å². The van der Waals surface area contributed by atoms with Gasteiger partial charge in [-0.1, -0.05) is 30.3 Å². The number of carbonyl (C=O) groups is 1. The number of carbonyl (C=O) groups excluding carboxylic acids is 1. The SMILES string of the molecule is O=C(NCc1nccn1CCCc1ccccc1)C1CCNCC1. The number of rotatable bonds is 7. The molecule has 2 N–H and O–H groups in total. The minimum absolute atomic E-state index is 0.146. The first-order valence-corrected chi connectivity index (χ1v) is 8.85. The second kappa shape index (κ2) is 8.64. The molecule has 24 heavy (non-hydrogen) atoms. The lowest BCUT2D eigenvalue weighted by Gasteiger charge is -2.21. The maximum atomic E-state index is 12.2. The van der Waals surface area contributed by atoms with Gasteiger partial charge in [-0.25, -0.2) is 4.98 Å². The molecule has 128 valence electrons. The molecule has 3 rings (SSSR count). The van der Waals surface area contributed by atoms with E-state index in [1.807, 2.05) is 18.5 Å². The minimum atomic E-state index is 0.146. The highest BCUT2D eigenvalue weighted by Gasteiger charge is 2.20. The van der Waals surface area contributed by atoms with E-state index in [1.54, 1.807) is 0 Å². The normalized spacial score (nSPS) is 15.3. The maximum absolute atomic E-state index is 12.2. The van der Waals surface area contributed by atoms with Gasteiger partial charge in [0.2, 0.25) is 5.91 Å². The molecule has 0 bridgehead atoms. The molecule has 0 radical (unpaired) electrons. The Bertz CT molecular complexity index is 632. The van der Waals surface area contributed by atoms with Crippen molar-refractivity contribution in [3.63, 3.8) is 0 Å². The van der Waals surface area contributed by atoms with Gasteiger partial charge < -0.3 is 15.2 Å². The molecule has 0 saturated carbocycles. The number of hydrogen-bond acceptors (Lipinski definition) is 3. The molecule has 5 nitrogen and oxygen atoms in total. The highest BCUT2D eigenvalue weighted by molar-refractivity contribution is 5.78. The summed E-state index contributed by atoms with van der Waals surface area (Å²) >= 11 is 0. The van der Waals surface area contributed by atoms with Gasteiger partial charge in [-0.05, 0) is 44.3 Å². The summed E-state index contributed by atoms with van der Waals surface area (Å²) < 4.78 is 2.14. The van der Waals surface area contributed by atoms with E-state index in [4.69, 9.17) is 0 Å². The van der Waals surface area contributed by atoms with Crippen molar-refractivity contribution >= 4 is 5.91 Å². The fourth-order valence-electron chi connectivity index (χ4n) is 3.20. The van der Waals surface area contributed by atoms with Crippen LogP contribution in [0.5, 0.6) is 0 Å². The molecule has 1 fully saturated rings. The molecule has 1 aliphatic rings. The zero-order valence-corrected chi connectivity index (χ0v) is 14.1. The largest absolute Gasteiger partial charge is 0.349 e. The molecule has 1 aliphatic heterocycles. The molecule has 1 aromatic carbocycles. The first-order chi connectivity index (χ1) is 11.8. The van der Waals surface area contributed by atoms with Gasteiger partial charge in [0.05, 0.1) is 6.54 Å². The van der Waals surface area contributed by atoms with Crippen LogP contribution in [0.4, 0.5) is 0 Å². The van der Waals surface area contributed by atoms with E-state index in [1.165, 1.54) is 5.56 Å². The minimum Gasteiger partial charge on any atom is -0.349 e. The smallest absolute Gasteiger partial charge is 0.223 e. The molecule has 5 heteroatoms. The number of aromatic nitrogens is 2. The van der Waals surface area contributed by atoms with E-state index in [2.05, 4.69) is 44.5 Å². The van der Waals surface area contributed by atoms with Crippen LogP contribution >= 0.6 is 0 Å². The number of amides is 1. The Labute approximate surface area is 143 Å². The average molecular weight is 326 g/mol. The molecule has 1 saturated heterocycles. The van der Waals surface area contributed by atoms with Crippen LogP contribution in [-0.4, -0.2) is 28.5 Å². The molecule has 1 amide bonds. The summed E-state index contributed by atoms with van der Waals surface area (Å²) in [7, 11) is 0. The van der Waals surface area contributed by atoms with Gasteiger partial charge in [-0.3, -0.25) is 4.79 Å². The summed E-state index contributed by atoms with van der Waals surface area (Å²) in [6.45, 7) is 3.31. The lowest BCUT2D eigenvalue weighted by Crippen LogP contribution is -2.38. The molecule has 2 aromatic rings. The number of piperidine rings is 1. The third kappa shape index (κ3) is 4.68. The van der Waals surface area contributed by atoms with Crippen molar-refractivity contribution in [3.05, 3.63) is 54.1 Å². The molecule has 0 aliphatic carbocycles. The Morgan fingerprint density at radius 3 is 2.83 bits per heavy atom. The predicted molar refractivity (Wildman–Crippen MR) is 94.4 cm³/mol. The fraction of sp³-hybridized carbons (Fsp3) is 0.474. The number of nitrogens with zero attached hydrogens (tertiary/aromatic N) is 2. The number of nitrogens with one attached hydrogen (secondary N) is 2. The van der Waals surface area contributed by atoms with Crippen molar-refractivity contribution in [2.45, 2.75) is 38.8 Å². The lowest BCUT2D eigenvalue weighted by atomic mass is 9.97.